The van der Waals surface area contributed by atoms with Crippen LogP contribution in [-0.4, -0.2) is 29.6 Å². The van der Waals surface area contributed by atoms with E-state index in [2.05, 4.69) is 42.2 Å². The van der Waals surface area contributed by atoms with Gasteiger partial charge in [-0.05, 0) is 32.8 Å². The molecular weight excluding hydrogens is 268 g/mol. The van der Waals surface area contributed by atoms with Gasteiger partial charge in [0.05, 0.1) is 5.39 Å². The first-order chi connectivity index (χ1) is 9.69. The summed E-state index contributed by atoms with van der Waals surface area (Å²) in [7, 11) is 2.18. The second-order valence-corrected chi connectivity index (χ2v) is 6.76. The molecule has 2 heterocycles. The summed E-state index contributed by atoms with van der Waals surface area (Å²) in [5, 5.41) is 4.45. The first-order valence-electron chi connectivity index (χ1n) is 7.44. The van der Waals surface area contributed by atoms with Crippen LogP contribution >= 0.6 is 11.3 Å². The molecule has 2 aromatic rings. The van der Waals surface area contributed by atoms with Gasteiger partial charge in [-0.3, -0.25) is 0 Å². The Morgan fingerprint density at radius 3 is 2.80 bits per heavy atom. The summed E-state index contributed by atoms with van der Waals surface area (Å²) in [6.07, 6.45) is 5.24. The lowest BCUT2D eigenvalue weighted by molar-refractivity contribution is 0.648. The summed E-state index contributed by atoms with van der Waals surface area (Å²) in [5.74, 6) is 1.84. The number of hydrogen-bond donors (Lipinski definition) is 1. The molecule has 0 spiro atoms. The van der Waals surface area contributed by atoms with Crippen molar-refractivity contribution in [2.45, 2.75) is 45.6 Å². The molecule has 108 valence electrons. The van der Waals surface area contributed by atoms with Gasteiger partial charge in [0.15, 0.2) is 0 Å². The predicted octanol–water partition coefficient (Wildman–Crippen LogP) is 3.81. The molecule has 0 unspecified atom stereocenters. The van der Waals surface area contributed by atoms with Gasteiger partial charge in [0.1, 0.15) is 10.6 Å². The van der Waals surface area contributed by atoms with Crippen molar-refractivity contribution in [2.75, 3.05) is 23.8 Å². The van der Waals surface area contributed by atoms with Crippen LogP contribution in [0.4, 0.5) is 11.8 Å². The van der Waals surface area contributed by atoms with Crippen molar-refractivity contribution in [3.05, 3.63) is 10.9 Å². The van der Waals surface area contributed by atoms with E-state index in [1.54, 1.807) is 11.3 Å². The minimum Gasteiger partial charge on any atom is -0.356 e. The van der Waals surface area contributed by atoms with E-state index in [1.165, 1.54) is 35.9 Å². The maximum atomic E-state index is 4.76. The van der Waals surface area contributed by atoms with E-state index >= 15 is 0 Å². The van der Waals surface area contributed by atoms with Crippen LogP contribution in [0.1, 0.15) is 37.5 Å². The van der Waals surface area contributed by atoms with Crippen LogP contribution in [0.15, 0.2) is 6.07 Å². The molecule has 0 atom stereocenters. The lowest BCUT2D eigenvalue weighted by Crippen LogP contribution is -2.30. The van der Waals surface area contributed by atoms with Crippen LogP contribution in [0.5, 0.6) is 0 Å². The molecule has 5 heteroatoms. The van der Waals surface area contributed by atoms with Gasteiger partial charge in [-0.25, -0.2) is 4.98 Å². The fraction of sp³-hybridized carbons (Fsp3) is 0.600. The molecular formula is C15H22N4S. The average molecular weight is 290 g/mol. The van der Waals surface area contributed by atoms with Gasteiger partial charge in [-0.2, -0.15) is 4.98 Å². The van der Waals surface area contributed by atoms with Crippen LogP contribution < -0.4 is 10.2 Å². The van der Waals surface area contributed by atoms with E-state index in [4.69, 9.17) is 4.98 Å². The normalized spacial score (nSPS) is 15.9. The number of nitrogens with one attached hydrogen (secondary N) is 1. The van der Waals surface area contributed by atoms with Crippen molar-refractivity contribution in [1.82, 2.24) is 9.97 Å². The second-order valence-electron chi connectivity index (χ2n) is 5.53. The summed E-state index contributed by atoms with van der Waals surface area (Å²) >= 11 is 1.75. The molecule has 4 nitrogen and oxygen atoms in total. The van der Waals surface area contributed by atoms with E-state index in [0.717, 1.165) is 23.1 Å². The van der Waals surface area contributed by atoms with Crippen molar-refractivity contribution in [1.29, 1.82) is 0 Å². The Kier molecular flexibility index (Phi) is 3.78. The van der Waals surface area contributed by atoms with Gasteiger partial charge in [-0.1, -0.05) is 12.8 Å². The van der Waals surface area contributed by atoms with E-state index < -0.39 is 0 Å². The zero-order valence-corrected chi connectivity index (χ0v) is 13.3. The van der Waals surface area contributed by atoms with Gasteiger partial charge >= 0.3 is 0 Å². The molecule has 3 rings (SSSR count). The zero-order valence-electron chi connectivity index (χ0n) is 12.4. The molecule has 1 saturated carbocycles. The van der Waals surface area contributed by atoms with Crippen LogP contribution in [0.25, 0.3) is 10.2 Å². The monoisotopic (exact) mass is 290 g/mol. The van der Waals surface area contributed by atoms with Gasteiger partial charge in [0, 0.05) is 24.5 Å². The highest BCUT2D eigenvalue weighted by atomic mass is 32.1. The van der Waals surface area contributed by atoms with Gasteiger partial charge in [0.2, 0.25) is 5.95 Å². The topological polar surface area (TPSA) is 41.1 Å². The molecule has 0 saturated heterocycles. The fourth-order valence-corrected chi connectivity index (χ4v) is 3.87. The SMILES string of the molecule is CCNc1nc(N(C)C2CCCC2)c2cc(C)sc2n1. The molecule has 1 N–H and O–H groups in total. The van der Waals surface area contributed by atoms with Crippen LogP contribution in [-0.2, 0) is 0 Å². The highest BCUT2D eigenvalue weighted by Crippen LogP contribution is 2.34. The van der Waals surface area contributed by atoms with E-state index in [0.29, 0.717) is 6.04 Å². The number of nitrogens with zero attached hydrogens (tertiary/aromatic N) is 3. The maximum Gasteiger partial charge on any atom is 0.226 e. The highest BCUT2D eigenvalue weighted by Gasteiger charge is 2.23. The number of anilines is 2. The summed E-state index contributed by atoms with van der Waals surface area (Å²) in [4.78, 5) is 14.1. The van der Waals surface area contributed by atoms with E-state index in [9.17, 15) is 0 Å². The molecule has 0 bridgehead atoms. The highest BCUT2D eigenvalue weighted by molar-refractivity contribution is 7.18. The largest absolute Gasteiger partial charge is 0.356 e. The smallest absolute Gasteiger partial charge is 0.226 e. The standard InChI is InChI=1S/C15H22N4S/c1-4-16-15-17-13(19(3)11-7-5-6-8-11)12-9-10(2)20-14(12)18-15/h9,11H,4-8H2,1-3H3,(H,16,17,18). The van der Waals surface area contributed by atoms with Crippen LogP contribution in [0.3, 0.4) is 0 Å². The molecule has 1 aliphatic rings. The number of thiophene rings is 1. The van der Waals surface area contributed by atoms with Crippen molar-refractivity contribution < 1.29 is 0 Å². The van der Waals surface area contributed by atoms with E-state index in [-0.39, 0.29) is 0 Å². The molecule has 20 heavy (non-hydrogen) atoms. The van der Waals surface area contributed by atoms with Gasteiger partial charge in [0.25, 0.3) is 0 Å². The van der Waals surface area contributed by atoms with Gasteiger partial charge in [-0.15, -0.1) is 11.3 Å². The van der Waals surface area contributed by atoms with Crippen molar-refractivity contribution in [3.8, 4) is 0 Å². The summed E-state index contributed by atoms with van der Waals surface area (Å²) in [6.45, 7) is 5.06. The molecule has 1 fully saturated rings. The number of aryl methyl sites for hydroxylation is 1. The van der Waals surface area contributed by atoms with E-state index in [1.807, 2.05) is 0 Å². The fourth-order valence-electron chi connectivity index (χ4n) is 3.00. The Hall–Kier alpha value is -1.36. The Morgan fingerprint density at radius 2 is 2.10 bits per heavy atom. The van der Waals surface area contributed by atoms with Crippen LogP contribution in [0, 0.1) is 6.92 Å². The summed E-state index contributed by atoms with van der Waals surface area (Å²) in [6, 6.07) is 2.85. The molecule has 0 amide bonds. The Morgan fingerprint density at radius 1 is 1.35 bits per heavy atom. The first-order valence-corrected chi connectivity index (χ1v) is 8.25. The lowest BCUT2D eigenvalue weighted by atomic mass is 10.2. The number of aromatic nitrogens is 2. The quantitative estimate of drug-likeness (QED) is 0.929. The van der Waals surface area contributed by atoms with Crippen LogP contribution in [0.2, 0.25) is 0 Å². The summed E-state index contributed by atoms with van der Waals surface area (Å²) < 4.78 is 0. The third-order valence-electron chi connectivity index (χ3n) is 4.04. The molecule has 1 aliphatic carbocycles. The van der Waals surface area contributed by atoms with Crippen molar-refractivity contribution >= 4 is 33.3 Å². The van der Waals surface area contributed by atoms with Gasteiger partial charge < -0.3 is 10.2 Å². The zero-order chi connectivity index (χ0) is 14.1. The molecule has 0 aromatic carbocycles. The van der Waals surface area contributed by atoms with Crippen molar-refractivity contribution in [2.24, 2.45) is 0 Å². The number of rotatable bonds is 4. The first kappa shape index (κ1) is 13.6. The number of hydrogen-bond acceptors (Lipinski definition) is 5. The predicted molar refractivity (Wildman–Crippen MR) is 87.0 cm³/mol. The molecule has 0 aliphatic heterocycles. The Balaban J connectivity index is 2.05. The maximum absolute atomic E-state index is 4.76. The molecule has 0 radical (unpaired) electrons. The average Bonchev–Trinajstić information content (AvgIpc) is 3.05. The third kappa shape index (κ3) is 2.46. The second kappa shape index (κ2) is 5.56. The molecule has 2 aromatic heterocycles. The Bertz CT molecular complexity index is 601. The Labute approximate surface area is 124 Å². The third-order valence-corrected chi connectivity index (χ3v) is 4.98. The number of fused-ring (bicyclic) bond motifs is 1. The lowest BCUT2D eigenvalue weighted by Gasteiger charge is -2.26. The van der Waals surface area contributed by atoms with Crippen molar-refractivity contribution in [3.63, 3.8) is 0 Å². The summed E-state index contributed by atoms with van der Waals surface area (Å²) in [5.41, 5.74) is 0. The minimum absolute atomic E-state index is 0.628. The minimum atomic E-state index is 0.628.